The summed E-state index contributed by atoms with van der Waals surface area (Å²) in [6.45, 7) is 3.70. The highest BCUT2D eigenvalue weighted by molar-refractivity contribution is 7.71. The second-order valence-corrected chi connectivity index (χ2v) is 7.32. The van der Waals surface area contributed by atoms with Gasteiger partial charge in [0.15, 0.2) is 10.5 Å². The number of benzene rings is 1. The Balaban J connectivity index is 2.25. The molecule has 0 spiro atoms. The van der Waals surface area contributed by atoms with E-state index in [1.807, 2.05) is 13.0 Å². The summed E-state index contributed by atoms with van der Waals surface area (Å²) in [5.41, 5.74) is 1.39. The molecule has 0 saturated heterocycles. The molecule has 0 amide bonds. The summed E-state index contributed by atoms with van der Waals surface area (Å²) < 4.78 is 12.5. The van der Waals surface area contributed by atoms with Crippen LogP contribution >= 0.6 is 35.4 Å². The van der Waals surface area contributed by atoms with Crippen molar-refractivity contribution in [2.75, 3.05) is 7.11 Å². The Morgan fingerprint density at radius 1 is 1.36 bits per heavy atom. The average Bonchev–Trinajstić information content (AvgIpc) is 3.24. The van der Waals surface area contributed by atoms with Crippen molar-refractivity contribution < 1.29 is 13.9 Å². The van der Waals surface area contributed by atoms with Gasteiger partial charge in [0.1, 0.15) is 5.69 Å². The molecule has 148 valence electrons. The fourth-order valence-corrected chi connectivity index (χ4v) is 3.66. The lowest BCUT2D eigenvalue weighted by Gasteiger charge is -2.21. The Morgan fingerprint density at radius 3 is 2.68 bits per heavy atom. The zero-order valence-electron chi connectivity index (χ0n) is 15.5. The number of hydrogen-bond acceptors (Lipinski definition) is 6. The molecule has 7 nitrogen and oxygen atoms in total. The van der Waals surface area contributed by atoms with E-state index in [1.54, 1.807) is 23.6 Å². The van der Waals surface area contributed by atoms with Crippen LogP contribution in [0.25, 0.3) is 11.6 Å². The Hall–Kier alpha value is -2.16. The zero-order chi connectivity index (χ0) is 20.4. The minimum absolute atomic E-state index is 0.159. The molecule has 3 rings (SSSR count). The lowest BCUT2D eigenvalue weighted by atomic mass is 10.0. The smallest absolute Gasteiger partial charge is 0.357 e. The minimum atomic E-state index is -0.570. The molecular weight excluding hydrogens is 423 g/mol. The van der Waals surface area contributed by atoms with Crippen molar-refractivity contribution in [1.29, 1.82) is 0 Å². The number of imidazole rings is 1. The van der Waals surface area contributed by atoms with Gasteiger partial charge in [0.25, 0.3) is 5.89 Å². The number of methoxy groups -OCH3 is 1. The van der Waals surface area contributed by atoms with Crippen molar-refractivity contribution in [2.45, 2.75) is 32.7 Å². The van der Waals surface area contributed by atoms with E-state index >= 15 is 0 Å². The first-order chi connectivity index (χ1) is 13.4. The molecule has 0 radical (unpaired) electrons. The van der Waals surface area contributed by atoms with Crippen LogP contribution in [0, 0.1) is 11.7 Å². The molecule has 0 bridgehead atoms. The standard InChI is InChI=1S/C18H18Cl2N4O3S/c1-4-5-13(10-6-7-11(19)12(20)8-10)24-15(17(25)26-3)14(21-18(24)28)16-23-22-9(2)27-16/h6-8,13H,4-5H2,1-3H3,(H,21,28). The van der Waals surface area contributed by atoms with Gasteiger partial charge >= 0.3 is 5.97 Å². The molecule has 0 saturated carbocycles. The van der Waals surface area contributed by atoms with Crippen LogP contribution in [0.1, 0.15) is 47.7 Å². The van der Waals surface area contributed by atoms with Gasteiger partial charge in [-0.25, -0.2) is 4.79 Å². The Kier molecular flexibility index (Phi) is 6.22. The van der Waals surface area contributed by atoms with E-state index < -0.39 is 5.97 Å². The molecule has 1 aromatic carbocycles. The number of esters is 1. The van der Waals surface area contributed by atoms with Gasteiger partial charge in [0, 0.05) is 6.92 Å². The summed E-state index contributed by atoms with van der Waals surface area (Å²) in [4.78, 5) is 15.7. The Labute approximate surface area is 176 Å². The van der Waals surface area contributed by atoms with Gasteiger partial charge < -0.3 is 18.7 Å². The largest absolute Gasteiger partial charge is 0.464 e. The van der Waals surface area contributed by atoms with E-state index in [9.17, 15) is 4.79 Å². The first kappa shape index (κ1) is 20.6. The Bertz CT molecular complexity index is 1070. The predicted octanol–water partition coefficient (Wildman–Crippen LogP) is 5.39. The lowest BCUT2D eigenvalue weighted by molar-refractivity contribution is 0.0587. The maximum atomic E-state index is 12.7. The van der Waals surface area contributed by atoms with Crippen LogP contribution in [0.3, 0.4) is 0 Å². The van der Waals surface area contributed by atoms with Crippen molar-refractivity contribution in [3.8, 4) is 11.6 Å². The van der Waals surface area contributed by atoms with Crippen molar-refractivity contribution in [3.05, 3.63) is 50.2 Å². The molecule has 2 heterocycles. The van der Waals surface area contributed by atoms with Crippen molar-refractivity contribution in [3.63, 3.8) is 0 Å². The number of hydrogen-bond donors (Lipinski definition) is 1. The summed E-state index contributed by atoms with van der Waals surface area (Å²) in [5.74, 6) is -0.0426. The first-order valence-electron chi connectivity index (χ1n) is 8.55. The molecule has 0 aliphatic heterocycles. The number of nitrogens with zero attached hydrogens (tertiary/aromatic N) is 3. The number of halogens is 2. The number of nitrogens with one attached hydrogen (secondary N) is 1. The number of ether oxygens (including phenoxy) is 1. The molecule has 3 aromatic rings. The third-order valence-electron chi connectivity index (χ3n) is 4.25. The summed E-state index contributed by atoms with van der Waals surface area (Å²) in [7, 11) is 1.31. The topological polar surface area (TPSA) is 85.9 Å². The fourth-order valence-electron chi connectivity index (χ4n) is 3.03. The van der Waals surface area contributed by atoms with Crippen molar-refractivity contribution in [1.82, 2.24) is 19.7 Å². The SMILES string of the molecule is CCCC(c1ccc(Cl)c(Cl)c1)n1c(C(=O)OC)c(-c2nnc(C)o2)[nH]c1=S. The molecule has 1 atom stereocenters. The van der Waals surface area contributed by atoms with Crippen LogP contribution < -0.4 is 0 Å². The quantitative estimate of drug-likeness (QED) is 0.408. The van der Waals surface area contributed by atoms with E-state index in [-0.39, 0.29) is 17.6 Å². The Morgan fingerprint density at radius 2 is 2.11 bits per heavy atom. The molecule has 0 fully saturated rings. The number of carbonyl (C=O) groups is 1. The van der Waals surface area contributed by atoms with Gasteiger partial charge in [-0.1, -0.05) is 42.6 Å². The fraction of sp³-hybridized carbons (Fsp3) is 0.333. The van der Waals surface area contributed by atoms with Gasteiger partial charge in [-0.05, 0) is 36.3 Å². The normalized spacial score (nSPS) is 12.2. The molecule has 1 N–H and O–H groups in total. The van der Waals surface area contributed by atoms with Crippen LogP contribution in [-0.4, -0.2) is 32.8 Å². The maximum Gasteiger partial charge on any atom is 0.357 e. The van der Waals surface area contributed by atoms with Crippen molar-refractivity contribution in [2.24, 2.45) is 0 Å². The molecule has 2 aromatic heterocycles. The molecular formula is C18H18Cl2N4O3S. The highest BCUT2D eigenvalue weighted by atomic mass is 35.5. The van der Waals surface area contributed by atoms with E-state index in [1.165, 1.54) is 7.11 Å². The third-order valence-corrected chi connectivity index (χ3v) is 5.29. The van der Waals surface area contributed by atoms with Crippen LogP contribution in [0.4, 0.5) is 0 Å². The predicted molar refractivity (Wildman–Crippen MR) is 108 cm³/mol. The van der Waals surface area contributed by atoms with Crippen molar-refractivity contribution >= 4 is 41.4 Å². The molecule has 0 aliphatic carbocycles. The summed E-state index contributed by atoms with van der Waals surface area (Å²) >= 11 is 17.8. The minimum Gasteiger partial charge on any atom is -0.464 e. The van der Waals surface area contributed by atoms with Crippen LogP contribution in [0.5, 0.6) is 0 Å². The van der Waals surface area contributed by atoms with Crippen LogP contribution in [0.2, 0.25) is 10.0 Å². The van der Waals surface area contributed by atoms with E-state index in [0.29, 0.717) is 32.8 Å². The molecule has 10 heteroatoms. The molecule has 0 aliphatic rings. The number of carbonyl (C=O) groups excluding carboxylic acids is 1. The highest BCUT2D eigenvalue weighted by Gasteiger charge is 2.29. The van der Waals surface area contributed by atoms with Gasteiger partial charge in [0.2, 0.25) is 5.89 Å². The third kappa shape index (κ3) is 3.85. The summed E-state index contributed by atoms with van der Waals surface area (Å²) in [5, 5.41) is 8.70. The molecule has 1 unspecified atom stereocenters. The second-order valence-electron chi connectivity index (χ2n) is 6.12. The monoisotopic (exact) mass is 440 g/mol. The number of aryl methyl sites for hydroxylation is 1. The van der Waals surface area contributed by atoms with Gasteiger partial charge in [-0.15, -0.1) is 10.2 Å². The number of H-pyrrole nitrogens is 1. The summed E-state index contributed by atoms with van der Waals surface area (Å²) in [6, 6.07) is 5.09. The average molecular weight is 441 g/mol. The first-order valence-corrected chi connectivity index (χ1v) is 9.72. The lowest BCUT2D eigenvalue weighted by Crippen LogP contribution is -2.18. The van der Waals surface area contributed by atoms with Crippen LogP contribution in [0.15, 0.2) is 22.6 Å². The molecule has 28 heavy (non-hydrogen) atoms. The number of rotatable bonds is 6. The van der Waals surface area contributed by atoms with Crippen LogP contribution in [-0.2, 0) is 4.74 Å². The van der Waals surface area contributed by atoms with E-state index in [4.69, 9.17) is 44.6 Å². The van der Waals surface area contributed by atoms with E-state index in [2.05, 4.69) is 15.2 Å². The van der Waals surface area contributed by atoms with Gasteiger partial charge in [-0.2, -0.15) is 0 Å². The zero-order valence-corrected chi connectivity index (χ0v) is 17.8. The summed E-state index contributed by atoms with van der Waals surface area (Å²) in [6.07, 6.45) is 1.55. The second kappa shape index (κ2) is 8.46. The number of aromatic amines is 1. The highest BCUT2D eigenvalue weighted by Crippen LogP contribution is 2.34. The number of aromatic nitrogens is 4. The van der Waals surface area contributed by atoms with E-state index in [0.717, 1.165) is 12.0 Å². The maximum absolute atomic E-state index is 12.7. The van der Waals surface area contributed by atoms with Gasteiger partial charge in [-0.3, -0.25) is 0 Å². The van der Waals surface area contributed by atoms with Gasteiger partial charge in [0.05, 0.1) is 23.2 Å².